The molecule has 4 heterocycles. The van der Waals surface area contributed by atoms with Gasteiger partial charge in [0, 0.05) is 37.2 Å². The Morgan fingerprint density at radius 3 is 2.61 bits per heavy atom. The number of piperidine rings is 1. The van der Waals surface area contributed by atoms with Crippen LogP contribution in [0.25, 0.3) is 22.5 Å². The van der Waals surface area contributed by atoms with Gasteiger partial charge < -0.3 is 24.8 Å². The fourth-order valence-electron chi connectivity index (χ4n) is 7.74. The van der Waals surface area contributed by atoms with E-state index in [4.69, 9.17) is 9.72 Å². The second kappa shape index (κ2) is 11.7. The molecule has 9 nitrogen and oxygen atoms in total. The van der Waals surface area contributed by atoms with Crippen LogP contribution >= 0.6 is 0 Å². The number of anilines is 2. The van der Waals surface area contributed by atoms with Crippen LogP contribution in [0.2, 0.25) is 0 Å². The zero-order valence-corrected chi connectivity index (χ0v) is 27.4. The minimum absolute atomic E-state index is 0.263. The average molecular weight is 675 g/mol. The van der Waals surface area contributed by atoms with Crippen LogP contribution < -0.4 is 15.5 Å². The third-order valence-corrected chi connectivity index (χ3v) is 10.9. The van der Waals surface area contributed by atoms with E-state index < -0.39 is 35.1 Å². The number of epoxide rings is 1. The number of halogens is 4. The minimum Gasteiger partial charge on any atom is -0.364 e. The topological polar surface area (TPSA) is 107 Å². The summed E-state index contributed by atoms with van der Waals surface area (Å²) < 4.78 is 66.4. The van der Waals surface area contributed by atoms with Gasteiger partial charge in [-0.25, -0.2) is 9.37 Å². The molecule has 2 aliphatic heterocycles. The molecule has 1 aromatic carbocycles. The van der Waals surface area contributed by atoms with Gasteiger partial charge in [0.25, 0.3) is 0 Å². The number of nitrogens with zero attached hydrogens (tertiary/aromatic N) is 6. The number of alkyl halides is 4. The van der Waals surface area contributed by atoms with E-state index in [1.165, 1.54) is 25.2 Å². The summed E-state index contributed by atoms with van der Waals surface area (Å²) in [5.41, 5.74) is 0.925. The summed E-state index contributed by atoms with van der Waals surface area (Å²) in [7, 11) is 1.73. The highest BCUT2D eigenvalue weighted by atomic mass is 19.4. The Morgan fingerprint density at radius 1 is 1.12 bits per heavy atom. The number of hydrogen-bond acceptors (Lipinski definition) is 8. The molecule has 3 aromatic rings. The van der Waals surface area contributed by atoms with Gasteiger partial charge in [-0.3, -0.25) is 0 Å². The van der Waals surface area contributed by atoms with E-state index in [-0.39, 0.29) is 19.1 Å². The van der Waals surface area contributed by atoms with Crippen LogP contribution in [0.4, 0.5) is 29.2 Å². The van der Waals surface area contributed by atoms with Crippen molar-refractivity contribution in [2.45, 2.75) is 88.1 Å². The lowest BCUT2D eigenvalue weighted by Crippen LogP contribution is -2.51. The van der Waals surface area contributed by atoms with Crippen molar-refractivity contribution < 1.29 is 22.3 Å². The number of rotatable bonds is 9. The smallest absolute Gasteiger partial charge is 0.364 e. The van der Waals surface area contributed by atoms with E-state index in [9.17, 15) is 18.4 Å². The van der Waals surface area contributed by atoms with Gasteiger partial charge in [-0.05, 0) is 84.4 Å². The fourth-order valence-corrected chi connectivity index (χ4v) is 7.74. The maximum atomic E-state index is 16.3. The van der Waals surface area contributed by atoms with Crippen LogP contribution in [0.5, 0.6) is 0 Å². The highest BCUT2D eigenvalue weighted by Crippen LogP contribution is 2.54. The standard InChI is InChI=1S/C36H38F4N8O/c1-34-19-48(33-31(49-33)27(34)13-21(14-28(34)37)18-42-24-5-3-4-6-24)30-16-22(15-29(44-30)45-35(9-10-35)11-12-41)26-17-23(36(38,39)40)7-8-25(26)32-46-43-20-47(32)2/h7-8,13-17,20,24,28,31,33,42H,3-6,9-11,18-19H2,1-2H3,(H,44,45). The maximum Gasteiger partial charge on any atom is 0.416 e. The molecule has 2 aromatic heterocycles. The predicted molar refractivity (Wildman–Crippen MR) is 176 cm³/mol. The van der Waals surface area contributed by atoms with E-state index in [1.807, 2.05) is 11.8 Å². The third kappa shape index (κ3) is 5.88. The number of allylic oxidation sites excluding steroid dienone is 1. The monoisotopic (exact) mass is 674 g/mol. The minimum atomic E-state index is -4.58. The first-order chi connectivity index (χ1) is 23.5. The summed E-state index contributed by atoms with van der Waals surface area (Å²) in [4.78, 5) is 6.86. The van der Waals surface area contributed by atoms with E-state index in [2.05, 4.69) is 33.0 Å². The largest absolute Gasteiger partial charge is 0.416 e. The Balaban J connectivity index is 1.18. The third-order valence-electron chi connectivity index (χ3n) is 10.9. The van der Waals surface area contributed by atoms with Crippen LogP contribution in [0.15, 0.2) is 60.0 Å². The van der Waals surface area contributed by atoms with Gasteiger partial charge in [0.15, 0.2) is 12.1 Å². The molecule has 49 heavy (non-hydrogen) atoms. The number of fused-ring (bicyclic) bond motifs is 3. The number of benzene rings is 1. The lowest BCUT2D eigenvalue weighted by Gasteiger charge is -2.44. The lowest BCUT2D eigenvalue weighted by atomic mass is 9.69. The van der Waals surface area contributed by atoms with Crippen molar-refractivity contribution in [2.75, 3.05) is 23.3 Å². The van der Waals surface area contributed by atoms with Crippen molar-refractivity contribution in [2.24, 2.45) is 12.5 Å². The van der Waals surface area contributed by atoms with Gasteiger partial charge >= 0.3 is 6.18 Å². The van der Waals surface area contributed by atoms with Crippen molar-refractivity contribution in [1.29, 1.82) is 5.26 Å². The Bertz CT molecular complexity index is 1890. The number of aromatic nitrogens is 4. The fraction of sp³-hybridized carbons (Fsp3) is 0.500. The molecule has 2 saturated carbocycles. The first kappa shape index (κ1) is 32.0. The molecular formula is C36H38F4N8O. The molecule has 4 atom stereocenters. The molecule has 4 fully saturated rings. The molecule has 0 radical (unpaired) electrons. The zero-order valence-electron chi connectivity index (χ0n) is 27.4. The van der Waals surface area contributed by atoms with Crippen molar-refractivity contribution in [3.05, 3.63) is 65.5 Å². The number of nitriles is 1. The maximum absolute atomic E-state index is 16.3. The van der Waals surface area contributed by atoms with Crippen LogP contribution in [-0.2, 0) is 18.0 Å². The molecule has 0 amide bonds. The van der Waals surface area contributed by atoms with Gasteiger partial charge in [-0.2, -0.15) is 18.4 Å². The van der Waals surface area contributed by atoms with Gasteiger partial charge in [0.05, 0.1) is 23.6 Å². The molecule has 3 aliphatic carbocycles. The molecule has 4 unspecified atom stereocenters. The summed E-state index contributed by atoms with van der Waals surface area (Å²) in [6, 6.07) is 9.72. The normalized spacial score (nSPS) is 27.1. The molecule has 13 heteroatoms. The Kier molecular flexibility index (Phi) is 7.60. The highest BCUT2D eigenvalue weighted by Gasteiger charge is 2.60. The SMILES string of the molecule is Cn1cnnc1-c1ccc(C(F)(F)F)cc1-c1cc(NC2(CC#N)CC2)nc(N2CC3(C)C(=CC(CNC4CCCC4)=CC3F)C3OC32)c1. The number of hydrogen-bond donors (Lipinski definition) is 2. The number of ether oxygens (including phenoxy) is 1. The van der Waals surface area contributed by atoms with E-state index in [1.54, 1.807) is 29.8 Å². The predicted octanol–water partition coefficient (Wildman–Crippen LogP) is 6.71. The first-order valence-electron chi connectivity index (χ1n) is 16.9. The molecule has 0 bridgehead atoms. The molecule has 256 valence electrons. The number of nitrogens with one attached hydrogen (secondary N) is 2. The average Bonchev–Trinajstić information content (AvgIpc) is 3.91. The Morgan fingerprint density at radius 2 is 1.92 bits per heavy atom. The van der Waals surface area contributed by atoms with Gasteiger partial charge in [0.1, 0.15) is 30.2 Å². The summed E-state index contributed by atoms with van der Waals surface area (Å²) in [6.45, 7) is 2.78. The molecule has 8 rings (SSSR count). The highest BCUT2D eigenvalue weighted by molar-refractivity contribution is 5.84. The van der Waals surface area contributed by atoms with E-state index in [0.29, 0.717) is 46.7 Å². The Labute approximate surface area is 282 Å². The van der Waals surface area contributed by atoms with Crippen molar-refractivity contribution in [1.82, 2.24) is 25.1 Å². The molecule has 5 aliphatic rings. The summed E-state index contributed by atoms with van der Waals surface area (Å²) in [6.07, 6.45) is 5.25. The molecule has 2 saturated heterocycles. The van der Waals surface area contributed by atoms with E-state index in [0.717, 1.165) is 49.0 Å². The van der Waals surface area contributed by atoms with Crippen LogP contribution in [0.3, 0.4) is 0 Å². The van der Waals surface area contributed by atoms with Crippen molar-refractivity contribution in [3.63, 3.8) is 0 Å². The quantitative estimate of drug-likeness (QED) is 0.191. The summed E-state index contributed by atoms with van der Waals surface area (Å²) >= 11 is 0. The summed E-state index contributed by atoms with van der Waals surface area (Å²) in [5.74, 6) is 1.27. The molecule has 2 N–H and O–H groups in total. The van der Waals surface area contributed by atoms with Gasteiger partial charge in [0.2, 0.25) is 0 Å². The van der Waals surface area contributed by atoms with E-state index >= 15 is 4.39 Å². The lowest BCUT2D eigenvalue weighted by molar-refractivity contribution is -0.137. The van der Waals surface area contributed by atoms with Crippen LogP contribution in [0, 0.1) is 16.7 Å². The summed E-state index contributed by atoms with van der Waals surface area (Å²) in [5, 5.41) is 24.6. The first-order valence-corrected chi connectivity index (χ1v) is 16.9. The molecule has 0 spiro atoms. The van der Waals surface area contributed by atoms with Crippen LogP contribution in [0.1, 0.15) is 57.4 Å². The molecular weight excluding hydrogens is 636 g/mol. The Hall–Kier alpha value is -4.28. The van der Waals surface area contributed by atoms with Crippen LogP contribution in [-0.4, -0.2) is 62.9 Å². The van der Waals surface area contributed by atoms with Gasteiger partial charge in [-0.15, -0.1) is 10.2 Å². The zero-order chi connectivity index (χ0) is 34.1. The van der Waals surface area contributed by atoms with Crippen molar-refractivity contribution in [3.8, 4) is 28.6 Å². The van der Waals surface area contributed by atoms with Gasteiger partial charge in [-0.1, -0.05) is 25.8 Å². The van der Waals surface area contributed by atoms with Crippen molar-refractivity contribution >= 4 is 11.6 Å². The second-order valence-electron chi connectivity index (χ2n) is 14.5. The second-order valence-corrected chi connectivity index (χ2v) is 14.5. The number of aryl methyl sites for hydroxylation is 1. The number of pyridine rings is 1.